The predicted molar refractivity (Wildman–Crippen MR) is 66.9 cm³/mol. The fraction of sp³-hybridized carbons (Fsp3) is 0.417. The predicted octanol–water partition coefficient (Wildman–Crippen LogP) is 2.51. The Bertz CT molecular complexity index is 390. The molecular weight excluding hydrogens is 220 g/mol. The van der Waals surface area contributed by atoms with E-state index in [1.165, 1.54) is 0 Å². The van der Waals surface area contributed by atoms with Crippen molar-refractivity contribution < 1.29 is 4.74 Å². The second kappa shape index (κ2) is 4.67. The van der Waals surface area contributed by atoms with E-state index in [0.717, 1.165) is 29.4 Å². The molecule has 4 heteroatoms. The number of methoxy groups -OCH3 is 1. The fourth-order valence-corrected chi connectivity index (χ4v) is 3.00. The third kappa shape index (κ3) is 2.25. The lowest BCUT2D eigenvalue weighted by molar-refractivity contribution is 0.415. The van der Waals surface area contributed by atoms with Crippen LogP contribution in [0.4, 0.5) is 5.69 Å². The molecule has 0 amide bonds. The zero-order valence-electron chi connectivity index (χ0n) is 9.19. The highest BCUT2D eigenvalue weighted by Crippen LogP contribution is 2.31. The molecule has 0 radical (unpaired) electrons. The number of nitrogens with one attached hydrogen (secondary N) is 1. The Labute approximate surface area is 99.8 Å². The van der Waals surface area contributed by atoms with Crippen LogP contribution in [-0.2, 0) is 0 Å². The highest BCUT2D eigenvalue weighted by molar-refractivity contribution is 7.99. The van der Waals surface area contributed by atoms with Crippen molar-refractivity contribution in [1.82, 2.24) is 0 Å². The highest BCUT2D eigenvalue weighted by Gasteiger charge is 2.34. The minimum Gasteiger partial charge on any atom is -0.497 e. The molecule has 3 nitrogen and oxygen atoms in total. The summed E-state index contributed by atoms with van der Waals surface area (Å²) < 4.78 is 5.09. The van der Waals surface area contributed by atoms with E-state index < -0.39 is 0 Å². The van der Waals surface area contributed by atoms with Gasteiger partial charge in [-0.1, -0.05) is 0 Å². The molecular formula is C12H14N2OS. The van der Waals surface area contributed by atoms with Gasteiger partial charge in [-0.3, -0.25) is 0 Å². The summed E-state index contributed by atoms with van der Waals surface area (Å²) in [4.78, 5) is 0. The number of ether oxygens (including phenoxy) is 1. The van der Waals surface area contributed by atoms with Gasteiger partial charge in [0.05, 0.1) is 13.2 Å². The maximum absolute atomic E-state index is 9.23. The molecule has 1 aliphatic heterocycles. The Hall–Kier alpha value is -1.34. The molecule has 0 aliphatic carbocycles. The maximum atomic E-state index is 9.23. The summed E-state index contributed by atoms with van der Waals surface area (Å²) >= 11 is 1.82. The number of benzene rings is 1. The number of hydrogen-bond donors (Lipinski definition) is 1. The van der Waals surface area contributed by atoms with Gasteiger partial charge in [-0.05, 0) is 36.4 Å². The van der Waals surface area contributed by atoms with Crippen LogP contribution in [0.1, 0.15) is 6.42 Å². The molecule has 1 heterocycles. The lowest BCUT2D eigenvalue weighted by Gasteiger charge is -2.22. The smallest absolute Gasteiger partial charge is 0.135 e. The number of thioether (sulfide) groups is 1. The lowest BCUT2D eigenvalue weighted by Crippen LogP contribution is -2.36. The number of nitrogens with zero attached hydrogens (tertiary/aromatic N) is 1. The molecule has 1 N–H and O–H groups in total. The topological polar surface area (TPSA) is 45.0 Å². The monoisotopic (exact) mass is 234 g/mol. The number of nitriles is 1. The third-order valence-electron chi connectivity index (χ3n) is 2.71. The first kappa shape index (κ1) is 11.2. The van der Waals surface area contributed by atoms with Crippen LogP contribution in [0, 0.1) is 11.3 Å². The Morgan fingerprint density at radius 2 is 2.19 bits per heavy atom. The van der Waals surface area contributed by atoms with Gasteiger partial charge >= 0.3 is 0 Å². The fourth-order valence-electron chi connectivity index (χ4n) is 1.73. The first-order chi connectivity index (χ1) is 7.78. The van der Waals surface area contributed by atoms with Crippen LogP contribution in [0.5, 0.6) is 5.75 Å². The number of hydrogen-bond acceptors (Lipinski definition) is 4. The summed E-state index contributed by atoms with van der Waals surface area (Å²) in [6, 6.07) is 10.1. The van der Waals surface area contributed by atoms with E-state index in [4.69, 9.17) is 4.74 Å². The van der Waals surface area contributed by atoms with Gasteiger partial charge in [-0.2, -0.15) is 17.0 Å². The summed E-state index contributed by atoms with van der Waals surface area (Å²) in [7, 11) is 1.65. The van der Waals surface area contributed by atoms with E-state index in [0.29, 0.717) is 0 Å². The van der Waals surface area contributed by atoms with Crippen molar-refractivity contribution in [2.24, 2.45) is 0 Å². The van der Waals surface area contributed by atoms with Crippen LogP contribution < -0.4 is 10.1 Å². The van der Waals surface area contributed by atoms with Crippen LogP contribution in [0.3, 0.4) is 0 Å². The van der Waals surface area contributed by atoms with Gasteiger partial charge in [0.1, 0.15) is 11.3 Å². The highest BCUT2D eigenvalue weighted by atomic mass is 32.2. The summed E-state index contributed by atoms with van der Waals surface area (Å²) in [6.07, 6.45) is 0.903. The molecule has 84 valence electrons. The van der Waals surface area contributed by atoms with Gasteiger partial charge in [-0.15, -0.1) is 0 Å². The molecule has 0 bridgehead atoms. The van der Waals surface area contributed by atoms with Crippen molar-refractivity contribution in [2.45, 2.75) is 12.0 Å². The van der Waals surface area contributed by atoms with E-state index in [2.05, 4.69) is 11.4 Å². The zero-order chi connectivity index (χ0) is 11.4. The van der Waals surface area contributed by atoms with E-state index >= 15 is 0 Å². The lowest BCUT2D eigenvalue weighted by atomic mass is 10.0. The van der Waals surface area contributed by atoms with Crippen molar-refractivity contribution >= 4 is 17.4 Å². The minimum atomic E-state index is -0.390. The summed E-state index contributed by atoms with van der Waals surface area (Å²) in [5, 5.41) is 12.5. The molecule has 1 aromatic carbocycles. The summed E-state index contributed by atoms with van der Waals surface area (Å²) in [6.45, 7) is 0. The van der Waals surface area contributed by atoms with Crippen molar-refractivity contribution in [2.75, 3.05) is 23.9 Å². The van der Waals surface area contributed by atoms with Crippen molar-refractivity contribution in [1.29, 1.82) is 5.26 Å². The van der Waals surface area contributed by atoms with Crippen LogP contribution in [0.2, 0.25) is 0 Å². The maximum Gasteiger partial charge on any atom is 0.135 e. The Morgan fingerprint density at radius 3 is 2.69 bits per heavy atom. The molecule has 0 aromatic heterocycles. The average molecular weight is 234 g/mol. The Kier molecular flexibility index (Phi) is 3.25. The molecule has 1 fully saturated rings. The Balaban J connectivity index is 2.11. The molecule has 1 aliphatic rings. The standard InChI is InChI=1S/C12H14N2OS/c1-15-11-4-2-10(3-5-11)14-12(8-13)6-7-16-9-12/h2-5,14H,6-7,9H2,1H3. The molecule has 1 aromatic rings. The molecule has 1 atom stereocenters. The minimum absolute atomic E-state index is 0.390. The van der Waals surface area contributed by atoms with E-state index in [1.54, 1.807) is 7.11 Å². The van der Waals surface area contributed by atoms with E-state index in [9.17, 15) is 5.26 Å². The SMILES string of the molecule is COc1ccc(NC2(C#N)CCSC2)cc1. The van der Waals surface area contributed by atoms with Gasteiger partial charge in [0.2, 0.25) is 0 Å². The second-order valence-corrected chi connectivity index (χ2v) is 4.96. The summed E-state index contributed by atoms with van der Waals surface area (Å²) in [5.74, 6) is 2.74. The third-order valence-corrected chi connectivity index (χ3v) is 3.90. The molecule has 0 spiro atoms. The van der Waals surface area contributed by atoms with Gasteiger partial charge in [0.15, 0.2) is 0 Å². The summed E-state index contributed by atoms with van der Waals surface area (Å²) in [5.41, 5.74) is 0.587. The van der Waals surface area contributed by atoms with Crippen LogP contribution in [0.25, 0.3) is 0 Å². The van der Waals surface area contributed by atoms with Crippen molar-refractivity contribution in [3.05, 3.63) is 24.3 Å². The molecule has 0 saturated carbocycles. The largest absolute Gasteiger partial charge is 0.497 e. The van der Waals surface area contributed by atoms with Gasteiger partial charge < -0.3 is 10.1 Å². The first-order valence-electron chi connectivity index (χ1n) is 5.19. The van der Waals surface area contributed by atoms with Crippen molar-refractivity contribution in [3.63, 3.8) is 0 Å². The van der Waals surface area contributed by atoms with E-state index in [1.807, 2.05) is 36.0 Å². The van der Waals surface area contributed by atoms with Crippen molar-refractivity contribution in [3.8, 4) is 11.8 Å². The first-order valence-corrected chi connectivity index (χ1v) is 6.35. The molecule has 1 unspecified atom stereocenters. The quantitative estimate of drug-likeness (QED) is 0.872. The Morgan fingerprint density at radius 1 is 1.44 bits per heavy atom. The number of rotatable bonds is 3. The van der Waals surface area contributed by atoms with Crippen LogP contribution in [-0.4, -0.2) is 24.2 Å². The number of anilines is 1. The van der Waals surface area contributed by atoms with Gasteiger partial charge in [0.25, 0.3) is 0 Å². The molecule has 1 saturated heterocycles. The zero-order valence-corrected chi connectivity index (χ0v) is 10.0. The van der Waals surface area contributed by atoms with Crippen LogP contribution in [0.15, 0.2) is 24.3 Å². The molecule has 2 rings (SSSR count). The second-order valence-electron chi connectivity index (χ2n) is 3.85. The average Bonchev–Trinajstić information content (AvgIpc) is 2.79. The normalized spacial score (nSPS) is 23.8. The van der Waals surface area contributed by atoms with Crippen LogP contribution >= 0.6 is 11.8 Å². The van der Waals surface area contributed by atoms with Gasteiger partial charge in [0, 0.05) is 11.4 Å². The van der Waals surface area contributed by atoms with E-state index in [-0.39, 0.29) is 5.54 Å². The molecule has 16 heavy (non-hydrogen) atoms. The van der Waals surface area contributed by atoms with Gasteiger partial charge in [-0.25, -0.2) is 0 Å².